The first-order valence-electron chi connectivity index (χ1n) is 9.81. The Morgan fingerprint density at radius 2 is 1.88 bits per heavy atom. The molecule has 1 aliphatic heterocycles. The summed E-state index contributed by atoms with van der Waals surface area (Å²) in [5, 5.41) is 14.4. The number of nitrogens with zero attached hydrogens (tertiary/aromatic N) is 4. The Balaban J connectivity index is 1.51. The summed E-state index contributed by atoms with van der Waals surface area (Å²) in [5.41, 5.74) is 2.46. The average molecular weight is 353 g/mol. The van der Waals surface area contributed by atoms with Crippen molar-refractivity contribution in [3.63, 3.8) is 0 Å². The minimum Gasteiger partial charge on any atom is -0.342 e. The van der Waals surface area contributed by atoms with Gasteiger partial charge < -0.3 is 4.90 Å². The van der Waals surface area contributed by atoms with Crippen LogP contribution < -0.4 is 0 Å². The van der Waals surface area contributed by atoms with E-state index in [0.717, 1.165) is 31.8 Å². The number of carbonyl (C=O) groups excluding carboxylic acids is 1. The van der Waals surface area contributed by atoms with Crippen molar-refractivity contribution >= 4 is 5.91 Å². The Morgan fingerprint density at radius 1 is 1.15 bits per heavy atom. The van der Waals surface area contributed by atoms with Gasteiger partial charge in [-0.25, -0.2) is 0 Å². The summed E-state index contributed by atoms with van der Waals surface area (Å²) in [5.74, 6) is 1.90. The number of tetrazole rings is 1. The van der Waals surface area contributed by atoms with Crippen LogP contribution in [-0.2, 0) is 4.79 Å². The van der Waals surface area contributed by atoms with Gasteiger partial charge in [0.15, 0.2) is 5.82 Å². The first-order chi connectivity index (χ1) is 12.7. The molecule has 1 unspecified atom stereocenters. The lowest BCUT2D eigenvalue weighted by Crippen LogP contribution is -2.42. The summed E-state index contributed by atoms with van der Waals surface area (Å²) in [4.78, 5) is 15.6. The number of aryl methyl sites for hydroxylation is 1. The van der Waals surface area contributed by atoms with Crippen LogP contribution in [0.25, 0.3) is 0 Å². The summed E-state index contributed by atoms with van der Waals surface area (Å²) in [6.07, 6.45) is 6.67. The van der Waals surface area contributed by atoms with Crippen molar-refractivity contribution in [1.29, 1.82) is 0 Å². The minimum absolute atomic E-state index is 0.0143. The number of carbonyl (C=O) groups is 1. The van der Waals surface area contributed by atoms with Gasteiger partial charge in [0.25, 0.3) is 0 Å². The van der Waals surface area contributed by atoms with Crippen molar-refractivity contribution in [2.24, 2.45) is 5.92 Å². The normalized spacial score (nSPS) is 20.4. The number of aromatic amines is 1. The highest BCUT2D eigenvalue weighted by molar-refractivity contribution is 5.84. The summed E-state index contributed by atoms with van der Waals surface area (Å²) in [7, 11) is 0. The van der Waals surface area contributed by atoms with Crippen molar-refractivity contribution in [3.05, 3.63) is 41.2 Å². The van der Waals surface area contributed by atoms with E-state index in [1.165, 1.54) is 36.8 Å². The van der Waals surface area contributed by atoms with E-state index in [4.69, 9.17) is 0 Å². The second kappa shape index (κ2) is 7.56. The molecular formula is C20H27N5O. The van der Waals surface area contributed by atoms with Crippen LogP contribution >= 0.6 is 0 Å². The van der Waals surface area contributed by atoms with Crippen molar-refractivity contribution in [2.45, 2.75) is 57.3 Å². The molecule has 138 valence electrons. The molecule has 1 aromatic carbocycles. The van der Waals surface area contributed by atoms with E-state index in [1.807, 2.05) is 0 Å². The van der Waals surface area contributed by atoms with E-state index in [2.05, 4.69) is 56.7 Å². The number of hydrogen-bond donors (Lipinski definition) is 1. The number of likely N-dealkylation sites (tertiary alicyclic amines) is 1. The molecule has 1 atom stereocenters. The van der Waals surface area contributed by atoms with E-state index in [-0.39, 0.29) is 5.92 Å². The second-order valence-electron chi connectivity index (χ2n) is 7.75. The standard InChI is InChI=1S/C20H27N5O/c1-14-6-2-5-9-17(14)18(15-7-3-4-8-15)20(26)25-12-10-16(11-13-25)19-21-23-24-22-19/h2,5-6,9,15-16,18H,3-4,7-8,10-13H2,1H3,(H,21,22,23,24). The van der Waals surface area contributed by atoms with Crippen LogP contribution in [-0.4, -0.2) is 44.5 Å². The van der Waals surface area contributed by atoms with Gasteiger partial charge in [-0.05, 0) is 49.7 Å². The van der Waals surface area contributed by atoms with E-state index in [9.17, 15) is 4.79 Å². The predicted molar refractivity (Wildman–Crippen MR) is 98.6 cm³/mol. The largest absolute Gasteiger partial charge is 0.342 e. The number of H-pyrrole nitrogens is 1. The molecule has 1 aliphatic carbocycles. The lowest BCUT2D eigenvalue weighted by Gasteiger charge is -2.35. The monoisotopic (exact) mass is 353 g/mol. The highest BCUT2D eigenvalue weighted by Gasteiger charge is 2.37. The molecule has 2 heterocycles. The zero-order valence-corrected chi connectivity index (χ0v) is 15.4. The fourth-order valence-corrected chi connectivity index (χ4v) is 4.71. The zero-order chi connectivity index (χ0) is 17.9. The Kier molecular flexibility index (Phi) is 5.00. The summed E-state index contributed by atoms with van der Waals surface area (Å²) in [6, 6.07) is 8.42. The minimum atomic E-state index is 0.0143. The summed E-state index contributed by atoms with van der Waals surface area (Å²) < 4.78 is 0. The van der Waals surface area contributed by atoms with Crippen molar-refractivity contribution < 1.29 is 4.79 Å². The second-order valence-corrected chi connectivity index (χ2v) is 7.75. The number of benzene rings is 1. The van der Waals surface area contributed by atoms with Gasteiger partial charge in [0.05, 0.1) is 5.92 Å². The van der Waals surface area contributed by atoms with E-state index >= 15 is 0 Å². The first-order valence-corrected chi connectivity index (χ1v) is 9.81. The molecule has 1 saturated heterocycles. The van der Waals surface area contributed by atoms with Crippen LogP contribution in [0, 0.1) is 12.8 Å². The lowest BCUT2D eigenvalue weighted by atomic mass is 9.81. The maximum atomic E-state index is 13.5. The molecule has 0 spiro atoms. The molecule has 1 saturated carbocycles. The highest BCUT2D eigenvalue weighted by atomic mass is 16.2. The first kappa shape index (κ1) is 17.2. The van der Waals surface area contributed by atoms with Crippen LogP contribution in [0.2, 0.25) is 0 Å². The van der Waals surface area contributed by atoms with Crippen molar-refractivity contribution in [1.82, 2.24) is 25.5 Å². The van der Waals surface area contributed by atoms with Crippen LogP contribution in [0.5, 0.6) is 0 Å². The Hall–Kier alpha value is -2.24. The number of amides is 1. The molecule has 6 heteroatoms. The van der Waals surface area contributed by atoms with Gasteiger partial charge >= 0.3 is 0 Å². The van der Waals surface area contributed by atoms with Gasteiger partial charge in [0.1, 0.15) is 0 Å². The van der Waals surface area contributed by atoms with Crippen molar-refractivity contribution in [3.8, 4) is 0 Å². The fraction of sp³-hybridized carbons (Fsp3) is 0.600. The smallest absolute Gasteiger partial charge is 0.230 e. The third kappa shape index (κ3) is 3.37. The third-order valence-electron chi connectivity index (χ3n) is 6.19. The molecule has 4 rings (SSSR count). The Labute approximate surface area is 154 Å². The van der Waals surface area contributed by atoms with Crippen LogP contribution in [0.1, 0.15) is 67.3 Å². The molecular weight excluding hydrogens is 326 g/mol. The van der Waals surface area contributed by atoms with Gasteiger partial charge in [-0.3, -0.25) is 4.79 Å². The average Bonchev–Trinajstić information content (AvgIpc) is 3.38. The predicted octanol–water partition coefficient (Wildman–Crippen LogP) is 3.19. The fourth-order valence-electron chi connectivity index (χ4n) is 4.71. The molecule has 26 heavy (non-hydrogen) atoms. The quantitative estimate of drug-likeness (QED) is 0.916. The molecule has 6 nitrogen and oxygen atoms in total. The molecule has 2 aromatic rings. The molecule has 0 bridgehead atoms. The Morgan fingerprint density at radius 3 is 2.54 bits per heavy atom. The van der Waals surface area contributed by atoms with Crippen LogP contribution in [0.15, 0.2) is 24.3 Å². The van der Waals surface area contributed by atoms with Crippen LogP contribution in [0.4, 0.5) is 0 Å². The van der Waals surface area contributed by atoms with Gasteiger partial charge in [-0.2, -0.15) is 5.21 Å². The highest BCUT2D eigenvalue weighted by Crippen LogP contribution is 2.40. The molecule has 1 amide bonds. The SMILES string of the molecule is Cc1ccccc1C(C(=O)N1CCC(c2nn[nH]n2)CC1)C1CCCC1. The Bertz CT molecular complexity index is 730. The molecule has 2 fully saturated rings. The third-order valence-corrected chi connectivity index (χ3v) is 6.19. The molecule has 1 aromatic heterocycles. The molecule has 1 N–H and O–H groups in total. The van der Waals surface area contributed by atoms with Gasteiger partial charge in [-0.1, -0.05) is 42.3 Å². The zero-order valence-electron chi connectivity index (χ0n) is 15.4. The van der Waals surface area contributed by atoms with E-state index < -0.39 is 0 Å². The lowest BCUT2D eigenvalue weighted by molar-refractivity contribution is -0.135. The van der Waals surface area contributed by atoms with Crippen LogP contribution in [0.3, 0.4) is 0 Å². The maximum absolute atomic E-state index is 13.5. The van der Waals surface area contributed by atoms with Gasteiger partial charge in [0, 0.05) is 19.0 Å². The molecule has 0 radical (unpaired) electrons. The number of piperidine rings is 1. The number of aromatic nitrogens is 4. The summed E-state index contributed by atoms with van der Waals surface area (Å²) in [6.45, 7) is 3.70. The number of hydrogen-bond acceptors (Lipinski definition) is 4. The number of rotatable bonds is 4. The summed E-state index contributed by atoms with van der Waals surface area (Å²) >= 11 is 0. The topological polar surface area (TPSA) is 74.8 Å². The maximum Gasteiger partial charge on any atom is 0.230 e. The molecule has 2 aliphatic rings. The van der Waals surface area contributed by atoms with Gasteiger partial charge in [0.2, 0.25) is 5.91 Å². The van der Waals surface area contributed by atoms with Crippen molar-refractivity contribution in [2.75, 3.05) is 13.1 Å². The van der Waals surface area contributed by atoms with E-state index in [1.54, 1.807) is 0 Å². The number of nitrogens with one attached hydrogen (secondary N) is 1. The van der Waals surface area contributed by atoms with Gasteiger partial charge in [-0.15, -0.1) is 10.2 Å². The van der Waals surface area contributed by atoms with E-state index in [0.29, 0.717) is 17.7 Å².